The molecule has 2 fully saturated rings. The van der Waals surface area contributed by atoms with E-state index >= 15 is 0 Å². The zero-order chi connectivity index (χ0) is 18.9. The smallest absolute Gasteiger partial charge is 0.119 e. The van der Waals surface area contributed by atoms with Gasteiger partial charge >= 0.3 is 0 Å². The molecule has 2 aliphatic rings. The van der Waals surface area contributed by atoms with E-state index in [2.05, 4.69) is 38.1 Å². The van der Waals surface area contributed by atoms with E-state index in [0.717, 1.165) is 48.4 Å². The van der Waals surface area contributed by atoms with E-state index in [1.165, 1.54) is 70.6 Å². The standard InChI is InChI=1S/C25H40O2/c1-3-21-10-12-22(13-11-21)5-4-18-26-24-14-16-25(17-15-24)27-19-23-8-6-20(2)7-9-23/h14-17,20-23H,3-13,18-19H2,1-2H3. The Morgan fingerprint density at radius 1 is 0.741 bits per heavy atom. The summed E-state index contributed by atoms with van der Waals surface area (Å²) in [6.07, 6.45) is 15.0. The molecule has 0 amide bonds. The molecule has 27 heavy (non-hydrogen) atoms. The molecule has 0 heterocycles. The van der Waals surface area contributed by atoms with Crippen molar-refractivity contribution >= 4 is 0 Å². The lowest BCUT2D eigenvalue weighted by molar-refractivity contribution is 0.188. The Kier molecular flexibility index (Phi) is 8.35. The zero-order valence-corrected chi connectivity index (χ0v) is 17.6. The Balaban J connectivity index is 1.28. The van der Waals surface area contributed by atoms with E-state index in [-0.39, 0.29) is 0 Å². The maximum atomic E-state index is 6.00. The molecule has 0 spiro atoms. The third kappa shape index (κ3) is 7.05. The minimum Gasteiger partial charge on any atom is -0.494 e. The first-order valence-corrected chi connectivity index (χ1v) is 11.6. The summed E-state index contributed by atoms with van der Waals surface area (Å²) in [7, 11) is 0. The van der Waals surface area contributed by atoms with Crippen molar-refractivity contribution in [2.24, 2.45) is 23.7 Å². The van der Waals surface area contributed by atoms with Gasteiger partial charge in [0, 0.05) is 0 Å². The number of ether oxygens (including phenoxy) is 2. The van der Waals surface area contributed by atoms with E-state index in [0.29, 0.717) is 0 Å². The first-order chi connectivity index (χ1) is 13.2. The van der Waals surface area contributed by atoms with Crippen LogP contribution in [0.4, 0.5) is 0 Å². The van der Waals surface area contributed by atoms with E-state index in [9.17, 15) is 0 Å². The van der Waals surface area contributed by atoms with Crippen LogP contribution in [0, 0.1) is 23.7 Å². The maximum Gasteiger partial charge on any atom is 0.119 e. The van der Waals surface area contributed by atoms with Gasteiger partial charge in [-0.3, -0.25) is 0 Å². The summed E-state index contributed by atoms with van der Waals surface area (Å²) in [5, 5.41) is 0. The largest absolute Gasteiger partial charge is 0.494 e. The second-order valence-corrected chi connectivity index (χ2v) is 9.19. The Morgan fingerprint density at radius 2 is 1.30 bits per heavy atom. The van der Waals surface area contributed by atoms with Crippen molar-refractivity contribution in [3.05, 3.63) is 24.3 Å². The van der Waals surface area contributed by atoms with E-state index in [4.69, 9.17) is 9.47 Å². The second kappa shape index (κ2) is 11.0. The topological polar surface area (TPSA) is 18.5 Å². The van der Waals surface area contributed by atoms with Crippen molar-refractivity contribution in [3.63, 3.8) is 0 Å². The fraction of sp³-hybridized carbons (Fsp3) is 0.760. The zero-order valence-electron chi connectivity index (χ0n) is 17.6. The maximum absolute atomic E-state index is 6.00. The van der Waals surface area contributed by atoms with E-state index < -0.39 is 0 Å². The summed E-state index contributed by atoms with van der Waals surface area (Å²) in [5.41, 5.74) is 0. The van der Waals surface area contributed by atoms with Crippen LogP contribution in [0.2, 0.25) is 0 Å². The molecule has 2 heteroatoms. The Morgan fingerprint density at radius 3 is 1.93 bits per heavy atom. The monoisotopic (exact) mass is 372 g/mol. The third-order valence-electron chi connectivity index (χ3n) is 7.01. The minimum absolute atomic E-state index is 0.740. The van der Waals surface area contributed by atoms with E-state index in [1.54, 1.807) is 0 Å². The van der Waals surface area contributed by atoms with Crippen molar-refractivity contribution in [2.45, 2.75) is 84.5 Å². The Bertz CT molecular complexity index is 508. The molecule has 0 bridgehead atoms. The highest BCUT2D eigenvalue weighted by Gasteiger charge is 2.20. The second-order valence-electron chi connectivity index (χ2n) is 9.19. The highest BCUT2D eigenvalue weighted by molar-refractivity contribution is 5.31. The molecule has 2 saturated carbocycles. The van der Waals surface area contributed by atoms with Gasteiger partial charge in [0.05, 0.1) is 13.2 Å². The lowest BCUT2D eigenvalue weighted by atomic mass is 9.79. The molecule has 2 aliphatic carbocycles. The summed E-state index contributed by atoms with van der Waals surface area (Å²) in [5.74, 6) is 5.54. The van der Waals surface area contributed by atoms with Gasteiger partial charge in [-0.25, -0.2) is 0 Å². The third-order valence-corrected chi connectivity index (χ3v) is 7.01. The van der Waals surface area contributed by atoms with Gasteiger partial charge in [0.15, 0.2) is 0 Å². The van der Waals surface area contributed by atoms with Gasteiger partial charge in [0.2, 0.25) is 0 Å². The van der Waals surface area contributed by atoms with Crippen molar-refractivity contribution in [2.75, 3.05) is 13.2 Å². The van der Waals surface area contributed by atoms with Gasteiger partial charge in [-0.2, -0.15) is 0 Å². The predicted molar refractivity (Wildman–Crippen MR) is 114 cm³/mol. The number of benzene rings is 1. The summed E-state index contributed by atoms with van der Waals surface area (Å²) in [6, 6.07) is 8.25. The first-order valence-electron chi connectivity index (χ1n) is 11.6. The summed E-state index contributed by atoms with van der Waals surface area (Å²) in [6.45, 7) is 6.42. The van der Waals surface area contributed by atoms with Crippen LogP contribution in [-0.2, 0) is 0 Å². The van der Waals surface area contributed by atoms with Crippen LogP contribution >= 0.6 is 0 Å². The van der Waals surface area contributed by atoms with Crippen LogP contribution in [0.3, 0.4) is 0 Å². The summed E-state index contributed by atoms with van der Waals surface area (Å²) >= 11 is 0. The molecular formula is C25H40O2. The van der Waals surface area contributed by atoms with Crippen molar-refractivity contribution in [1.82, 2.24) is 0 Å². The molecule has 1 aromatic carbocycles. The van der Waals surface area contributed by atoms with Gasteiger partial charge < -0.3 is 9.47 Å². The molecule has 2 nitrogen and oxygen atoms in total. The first kappa shape index (κ1) is 20.6. The van der Waals surface area contributed by atoms with Crippen LogP contribution in [0.5, 0.6) is 11.5 Å². The molecule has 0 aliphatic heterocycles. The molecule has 152 valence electrons. The van der Waals surface area contributed by atoms with Crippen LogP contribution in [-0.4, -0.2) is 13.2 Å². The van der Waals surface area contributed by atoms with E-state index in [1.807, 2.05) is 0 Å². The Hall–Kier alpha value is -1.18. The predicted octanol–water partition coefficient (Wildman–Crippen LogP) is 7.27. The number of rotatable bonds is 9. The van der Waals surface area contributed by atoms with Gasteiger partial charge in [-0.1, -0.05) is 58.8 Å². The highest BCUT2D eigenvalue weighted by Crippen LogP contribution is 2.33. The Labute approximate surface area is 167 Å². The molecule has 3 rings (SSSR count). The van der Waals surface area contributed by atoms with Gasteiger partial charge in [0.1, 0.15) is 11.5 Å². The summed E-state index contributed by atoms with van der Waals surface area (Å²) < 4.78 is 11.9. The molecule has 0 atom stereocenters. The fourth-order valence-corrected chi connectivity index (χ4v) is 4.83. The fourth-order valence-electron chi connectivity index (χ4n) is 4.83. The summed E-state index contributed by atoms with van der Waals surface area (Å²) in [4.78, 5) is 0. The van der Waals surface area contributed by atoms with Crippen molar-refractivity contribution in [1.29, 1.82) is 0 Å². The quantitative estimate of drug-likeness (QED) is 0.424. The molecule has 0 radical (unpaired) electrons. The molecular weight excluding hydrogens is 332 g/mol. The van der Waals surface area contributed by atoms with Crippen molar-refractivity contribution in [3.8, 4) is 11.5 Å². The van der Waals surface area contributed by atoms with Gasteiger partial charge in [0.25, 0.3) is 0 Å². The van der Waals surface area contributed by atoms with Crippen LogP contribution in [0.15, 0.2) is 24.3 Å². The van der Waals surface area contributed by atoms with Crippen molar-refractivity contribution < 1.29 is 9.47 Å². The molecule has 0 aromatic heterocycles. The SMILES string of the molecule is CCC1CCC(CCCOc2ccc(OCC3CCC(C)CC3)cc2)CC1. The van der Waals surface area contributed by atoms with Gasteiger partial charge in [-0.15, -0.1) is 0 Å². The lowest BCUT2D eigenvalue weighted by Crippen LogP contribution is -2.18. The average Bonchev–Trinajstić information content (AvgIpc) is 2.72. The highest BCUT2D eigenvalue weighted by atomic mass is 16.5. The van der Waals surface area contributed by atoms with Crippen LogP contribution in [0.25, 0.3) is 0 Å². The van der Waals surface area contributed by atoms with Gasteiger partial charge in [-0.05, 0) is 73.6 Å². The molecule has 1 aromatic rings. The van der Waals surface area contributed by atoms with Crippen LogP contribution < -0.4 is 9.47 Å². The minimum atomic E-state index is 0.740. The van der Waals surface area contributed by atoms with Crippen LogP contribution in [0.1, 0.15) is 84.5 Å². The molecule has 0 N–H and O–H groups in total. The average molecular weight is 373 g/mol. The number of hydrogen-bond donors (Lipinski definition) is 0. The molecule has 0 unspecified atom stereocenters. The molecule has 0 saturated heterocycles. The normalized spacial score (nSPS) is 28.7. The lowest BCUT2D eigenvalue weighted by Gasteiger charge is -2.27. The number of hydrogen-bond acceptors (Lipinski definition) is 2.